The Labute approximate surface area is 231 Å². The van der Waals surface area contributed by atoms with Gasteiger partial charge >= 0.3 is 18.1 Å². The van der Waals surface area contributed by atoms with Crippen molar-refractivity contribution in [2.45, 2.75) is 43.9 Å². The molecule has 2 atom stereocenters. The number of halogens is 3. The molecule has 0 unspecified atom stereocenters. The smallest absolute Gasteiger partial charge is 0.465 e. The highest BCUT2D eigenvalue weighted by Crippen LogP contribution is 2.46. The third kappa shape index (κ3) is 6.38. The highest BCUT2D eigenvalue weighted by atomic mass is 19.4. The monoisotopic (exact) mass is 554 g/mol. The van der Waals surface area contributed by atoms with Crippen molar-refractivity contribution in [3.63, 3.8) is 0 Å². The first-order chi connectivity index (χ1) is 19.1. The molecule has 0 spiro atoms. The number of piperidine rings is 1. The van der Waals surface area contributed by atoms with Gasteiger partial charge in [0, 0.05) is 43.9 Å². The Hall–Kier alpha value is -3.66. The van der Waals surface area contributed by atoms with E-state index in [-0.39, 0.29) is 24.3 Å². The summed E-state index contributed by atoms with van der Waals surface area (Å²) in [6.07, 6.45) is 0.760. The van der Waals surface area contributed by atoms with Crippen molar-refractivity contribution in [1.29, 1.82) is 0 Å². The van der Waals surface area contributed by atoms with Crippen molar-refractivity contribution in [2.75, 3.05) is 26.7 Å². The fraction of sp³-hybridized carbons (Fsp3) is 0.433. The lowest BCUT2D eigenvalue weighted by Crippen LogP contribution is -2.47. The average Bonchev–Trinajstić information content (AvgIpc) is 3.63. The molecule has 1 aliphatic heterocycles. The highest BCUT2D eigenvalue weighted by Gasteiger charge is 2.52. The largest absolute Gasteiger partial charge is 0.471 e. The van der Waals surface area contributed by atoms with Gasteiger partial charge in [-0.15, -0.1) is 0 Å². The van der Waals surface area contributed by atoms with Gasteiger partial charge in [0.15, 0.2) is 0 Å². The van der Waals surface area contributed by atoms with Gasteiger partial charge in [0.25, 0.3) is 0 Å². The maximum absolute atomic E-state index is 13.6. The molecule has 2 fully saturated rings. The molecule has 1 amide bonds. The maximum atomic E-state index is 13.6. The quantitative estimate of drug-likeness (QED) is 0.366. The van der Waals surface area contributed by atoms with Crippen LogP contribution in [0, 0.1) is 5.92 Å². The summed E-state index contributed by atoms with van der Waals surface area (Å²) in [5.74, 6) is -2.20. The van der Waals surface area contributed by atoms with Gasteiger partial charge in [-0.3, -0.25) is 14.4 Å². The molecule has 1 saturated heterocycles. The number of rotatable bonds is 8. The number of amides is 1. The summed E-state index contributed by atoms with van der Waals surface area (Å²) in [5, 5.41) is 4.18. The summed E-state index contributed by atoms with van der Waals surface area (Å²) in [4.78, 5) is 27.5. The van der Waals surface area contributed by atoms with E-state index in [1.807, 2.05) is 49.6 Å². The van der Waals surface area contributed by atoms with Crippen LogP contribution in [-0.4, -0.2) is 70.4 Å². The lowest BCUT2D eigenvalue weighted by molar-refractivity contribution is -0.187. The minimum atomic E-state index is -4.89. The Morgan fingerprint density at radius 2 is 1.70 bits per heavy atom. The number of likely N-dealkylation sites (tertiary alicyclic amines) is 1. The third-order valence-corrected chi connectivity index (χ3v) is 7.98. The lowest BCUT2D eigenvalue weighted by Gasteiger charge is -2.35. The molecule has 2 heterocycles. The molecule has 0 bridgehead atoms. The highest BCUT2D eigenvalue weighted by molar-refractivity contribution is 5.89. The molecule has 0 radical (unpaired) electrons. The van der Waals surface area contributed by atoms with Crippen LogP contribution in [0.4, 0.5) is 13.2 Å². The topological polar surface area (TPSA) is 67.7 Å². The zero-order valence-electron chi connectivity index (χ0n) is 22.6. The molecule has 212 valence electrons. The summed E-state index contributed by atoms with van der Waals surface area (Å²) < 4.78 is 47.2. The average molecular weight is 555 g/mol. The van der Waals surface area contributed by atoms with Crippen molar-refractivity contribution in [1.82, 2.24) is 19.6 Å². The van der Waals surface area contributed by atoms with Gasteiger partial charge in [0.05, 0.1) is 18.9 Å². The summed E-state index contributed by atoms with van der Waals surface area (Å²) in [6, 6.07) is 14.6. The minimum absolute atomic E-state index is 0.0125. The van der Waals surface area contributed by atoms with Gasteiger partial charge in [-0.2, -0.15) is 18.3 Å². The van der Waals surface area contributed by atoms with E-state index in [0.717, 1.165) is 53.1 Å². The van der Waals surface area contributed by atoms with Crippen LogP contribution in [-0.2, 0) is 23.1 Å². The number of aryl methyl sites for hydroxylation is 1. The molecule has 1 aliphatic carbocycles. The lowest BCUT2D eigenvalue weighted by atomic mass is 9.95. The van der Waals surface area contributed by atoms with Crippen LogP contribution in [0.25, 0.3) is 11.1 Å². The van der Waals surface area contributed by atoms with E-state index in [4.69, 9.17) is 4.74 Å². The summed E-state index contributed by atoms with van der Waals surface area (Å²) >= 11 is 0. The van der Waals surface area contributed by atoms with E-state index in [0.29, 0.717) is 18.5 Å². The minimum Gasteiger partial charge on any atom is -0.465 e. The van der Waals surface area contributed by atoms with Gasteiger partial charge in [0.1, 0.15) is 0 Å². The van der Waals surface area contributed by atoms with E-state index in [2.05, 4.69) is 10.00 Å². The second-order valence-corrected chi connectivity index (χ2v) is 10.8. The predicted molar refractivity (Wildman–Crippen MR) is 143 cm³/mol. The van der Waals surface area contributed by atoms with E-state index >= 15 is 0 Å². The fourth-order valence-corrected chi connectivity index (χ4v) is 5.64. The number of nitrogens with zero attached hydrogens (tertiary/aromatic N) is 4. The van der Waals surface area contributed by atoms with Crippen LogP contribution in [0.2, 0.25) is 0 Å². The second kappa shape index (κ2) is 11.4. The Morgan fingerprint density at radius 3 is 2.27 bits per heavy atom. The number of carbonyl (C=O) groups is 2. The molecule has 1 saturated carbocycles. The Kier molecular flexibility index (Phi) is 7.98. The fourth-order valence-electron chi connectivity index (χ4n) is 5.64. The van der Waals surface area contributed by atoms with Crippen LogP contribution in [0.15, 0.2) is 60.9 Å². The van der Waals surface area contributed by atoms with E-state index in [9.17, 15) is 22.8 Å². The number of ether oxygens (including phenoxy) is 1. The molecule has 0 N–H and O–H groups in total. The van der Waals surface area contributed by atoms with Crippen molar-refractivity contribution in [2.24, 2.45) is 13.0 Å². The molecule has 5 rings (SSSR count). The number of aromatic nitrogens is 2. The van der Waals surface area contributed by atoms with E-state index in [1.54, 1.807) is 23.0 Å². The summed E-state index contributed by atoms with van der Waals surface area (Å²) in [5.41, 5.74) is 4.45. The molecule has 2 aromatic carbocycles. The van der Waals surface area contributed by atoms with Crippen LogP contribution in [0.1, 0.15) is 46.7 Å². The number of methoxy groups -OCH3 is 1. The standard InChI is InChI=1S/C30H33F3N4O3/c1-35-19-25(16-34-35)22-7-9-23(10-8-22)26-15-27(26)37(29(39)30(31,32)33)18-21-11-13-36(14-12-21)17-20-3-5-24(6-4-20)28(38)40-2/h3-10,16,19,21,26-27H,11-15,17-18H2,1-2H3/t26-,27+/m1/s1. The number of hydrogen-bond acceptors (Lipinski definition) is 5. The zero-order chi connectivity index (χ0) is 28.4. The zero-order valence-corrected chi connectivity index (χ0v) is 22.6. The summed E-state index contributed by atoms with van der Waals surface area (Å²) in [7, 11) is 3.18. The Bertz CT molecular complexity index is 1330. The first kappa shape index (κ1) is 27.9. The maximum Gasteiger partial charge on any atom is 0.471 e. The van der Waals surface area contributed by atoms with Crippen molar-refractivity contribution >= 4 is 11.9 Å². The van der Waals surface area contributed by atoms with Crippen molar-refractivity contribution < 1.29 is 27.5 Å². The first-order valence-electron chi connectivity index (χ1n) is 13.5. The number of alkyl halides is 3. The number of hydrogen-bond donors (Lipinski definition) is 0. The van der Waals surface area contributed by atoms with Crippen LogP contribution in [0.3, 0.4) is 0 Å². The molecule has 1 aromatic heterocycles. The molecular weight excluding hydrogens is 521 g/mol. The molecular formula is C30H33F3N4O3. The summed E-state index contributed by atoms with van der Waals surface area (Å²) in [6.45, 7) is 2.29. The molecule has 10 heteroatoms. The van der Waals surface area contributed by atoms with Crippen molar-refractivity contribution in [3.8, 4) is 11.1 Å². The molecule has 3 aromatic rings. The van der Waals surface area contributed by atoms with Gasteiger partial charge in [-0.1, -0.05) is 36.4 Å². The van der Waals surface area contributed by atoms with Crippen LogP contribution in [0.5, 0.6) is 0 Å². The van der Waals surface area contributed by atoms with Gasteiger partial charge < -0.3 is 9.64 Å². The number of carbonyl (C=O) groups excluding carboxylic acids is 2. The number of esters is 1. The van der Waals surface area contributed by atoms with Crippen LogP contribution < -0.4 is 0 Å². The Morgan fingerprint density at radius 1 is 1.02 bits per heavy atom. The SMILES string of the molecule is COC(=O)c1ccc(CN2CCC(CN(C(=O)C(F)(F)F)[C@H]3C[C@@H]3c3ccc(-c4cnn(C)c4)cc3)CC2)cc1. The van der Waals surface area contributed by atoms with Crippen LogP contribution >= 0.6 is 0 Å². The predicted octanol–water partition coefficient (Wildman–Crippen LogP) is 5.03. The second-order valence-electron chi connectivity index (χ2n) is 10.8. The first-order valence-corrected chi connectivity index (χ1v) is 13.5. The normalized spacial score (nSPS) is 19.8. The van der Waals surface area contributed by atoms with Crippen molar-refractivity contribution in [3.05, 3.63) is 77.6 Å². The van der Waals surface area contributed by atoms with Gasteiger partial charge in [0.2, 0.25) is 0 Å². The van der Waals surface area contributed by atoms with E-state index < -0.39 is 18.1 Å². The van der Waals surface area contributed by atoms with E-state index in [1.165, 1.54) is 7.11 Å². The molecule has 40 heavy (non-hydrogen) atoms. The third-order valence-electron chi connectivity index (χ3n) is 7.98. The molecule has 7 nitrogen and oxygen atoms in total. The van der Waals surface area contributed by atoms with Gasteiger partial charge in [-0.05, 0) is 67.1 Å². The number of benzene rings is 2. The Balaban J connectivity index is 1.18. The van der Waals surface area contributed by atoms with Gasteiger partial charge in [-0.25, -0.2) is 4.79 Å². The molecule has 2 aliphatic rings.